The number of rotatable bonds is 6. The summed E-state index contributed by atoms with van der Waals surface area (Å²) in [5, 5.41) is 3.06. The van der Waals surface area contributed by atoms with Gasteiger partial charge in [0.1, 0.15) is 0 Å². The van der Waals surface area contributed by atoms with Crippen molar-refractivity contribution in [2.45, 2.75) is 38.5 Å². The Kier molecular flexibility index (Phi) is 6.49. The molecule has 1 unspecified atom stereocenters. The van der Waals surface area contributed by atoms with Crippen molar-refractivity contribution in [1.29, 1.82) is 0 Å². The minimum Gasteiger partial charge on any atom is -0.378 e. The Hall–Kier alpha value is -2.34. The fraction of sp³-hybridized carbons (Fsp3) is 0.565. The second-order valence-electron chi connectivity index (χ2n) is 8.14. The summed E-state index contributed by atoms with van der Waals surface area (Å²) in [6, 6.07) is 7.99. The molecule has 0 aromatic heterocycles. The Bertz CT molecular complexity index is 770. The van der Waals surface area contributed by atoms with E-state index in [1.54, 1.807) is 4.90 Å². The first-order valence-corrected chi connectivity index (χ1v) is 10.9. The lowest BCUT2D eigenvalue weighted by Crippen LogP contribution is -2.38. The molecule has 6 heteroatoms. The fourth-order valence-electron chi connectivity index (χ4n) is 4.50. The van der Waals surface area contributed by atoms with Gasteiger partial charge in [0.15, 0.2) is 0 Å². The van der Waals surface area contributed by atoms with Gasteiger partial charge in [-0.1, -0.05) is 23.8 Å². The molecule has 1 atom stereocenters. The molecule has 3 aliphatic rings. The van der Waals surface area contributed by atoms with Crippen LogP contribution in [0, 0.1) is 5.92 Å². The third-order valence-electron chi connectivity index (χ3n) is 6.15. The van der Waals surface area contributed by atoms with E-state index in [1.807, 2.05) is 18.2 Å². The first kappa shape index (κ1) is 20.0. The van der Waals surface area contributed by atoms with Gasteiger partial charge in [-0.25, -0.2) is 0 Å². The van der Waals surface area contributed by atoms with Crippen molar-refractivity contribution in [3.05, 3.63) is 35.9 Å². The van der Waals surface area contributed by atoms with Crippen LogP contribution in [0.5, 0.6) is 0 Å². The topological polar surface area (TPSA) is 61.9 Å². The number of ether oxygens (including phenoxy) is 1. The predicted octanol–water partition coefficient (Wildman–Crippen LogP) is 2.88. The standard InChI is InChI=1S/C23H31N3O3/c27-22-16-19(23(28)24-11-10-18-6-2-1-3-7-18)17-26(22)21-9-5-4-8-20(21)25-12-14-29-15-13-25/h4-6,8-9,19H,1-3,7,10-17H2,(H,24,28). The normalized spacial score (nSPS) is 22.6. The average Bonchev–Trinajstić information content (AvgIpc) is 3.17. The number of anilines is 2. The number of carbonyl (C=O) groups excluding carboxylic acids is 2. The summed E-state index contributed by atoms with van der Waals surface area (Å²) in [7, 11) is 0. The molecule has 1 aromatic rings. The van der Waals surface area contributed by atoms with Gasteiger partial charge in [0, 0.05) is 32.6 Å². The van der Waals surface area contributed by atoms with Crippen LogP contribution in [0.3, 0.4) is 0 Å². The number of amides is 2. The summed E-state index contributed by atoms with van der Waals surface area (Å²) in [6.07, 6.45) is 8.39. The van der Waals surface area contributed by atoms with E-state index in [4.69, 9.17) is 4.74 Å². The van der Waals surface area contributed by atoms with Crippen LogP contribution < -0.4 is 15.1 Å². The molecule has 2 heterocycles. The Morgan fingerprint density at radius 1 is 1.14 bits per heavy atom. The largest absolute Gasteiger partial charge is 0.378 e. The SMILES string of the molecule is O=C(NCCC1=CCCCC1)C1CC(=O)N(c2ccccc2N2CCOCC2)C1. The maximum atomic E-state index is 12.7. The number of nitrogens with zero attached hydrogens (tertiary/aromatic N) is 2. The van der Waals surface area contributed by atoms with E-state index in [1.165, 1.54) is 18.4 Å². The van der Waals surface area contributed by atoms with Crippen LogP contribution in [0.4, 0.5) is 11.4 Å². The molecule has 6 nitrogen and oxygen atoms in total. The molecular weight excluding hydrogens is 366 g/mol. The van der Waals surface area contributed by atoms with E-state index in [0.717, 1.165) is 43.7 Å². The molecule has 29 heavy (non-hydrogen) atoms. The van der Waals surface area contributed by atoms with Crippen molar-refractivity contribution in [3.63, 3.8) is 0 Å². The quantitative estimate of drug-likeness (QED) is 0.750. The second kappa shape index (κ2) is 9.44. The van der Waals surface area contributed by atoms with Crippen LogP contribution in [0.1, 0.15) is 38.5 Å². The number of hydrogen-bond donors (Lipinski definition) is 1. The summed E-state index contributed by atoms with van der Waals surface area (Å²) in [5.41, 5.74) is 3.41. The first-order valence-electron chi connectivity index (χ1n) is 10.9. The van der Waals surface area contributed by atoms with Gasteiger partial charge in [-0.2, -0.15) is 0 Å². The molecule has 0 saturated carbocycles. The lowest BCUT2D eigenvalue weighted by atomic mass is 9.97. The second-order valence-corrected chi connectivity index (χ2v) is 8.14. The minimum atomic E-state index is -0.277. The molecule has 0 bridgehead atoms. The van der Waals surface area contributed by atoms with Crippen LogP contribution in [0.25, 0.3) is 0 Å². The molecule has 156 valence electrons. The average molecular weight is 398 g/mol. The van der Waals surface area contributed by atoms with E-state index in [0.29, 0.717) is 26.3 Å². The van der Waals surface area contributed by atoms with Gasteiger partial charge in [-0.15, -0.1) is 0 Å². The van der Waals surface area contributed by atoms with Crippen molar-refractivity contribution >= 4 is 23.2 Å². The Morgan fingerprint density at radius 3 is 2.69 bits per heavy atom. The van der Waals surface area contributed by atoms with Gasteiger partial charge in [-0.05, 0) is 44.2 Å². The number of allylic oxidation sites excluding steroid dienone is 1. The van der Waals surface area contributed by atoms with Gasteiger partial charge in [0.05, 0.1) is 30.5 Å². The van der Waals surface area contributed by atoms with E-state index < -0.39 is 0 Å². The molecule has 1 N–H and O–H groups in total. The number of morpholine rings is 1. The van der Waals surface area contributed by atoms with Gasteiger partial charge in [-0.3, -0.25) is 9.59 Å². The highest BCUT2D eigenvalue weighted by Gasteiger charge is 2.36. The Balaban J connectivity index is 1.36. The van der Waals surface area contributed by atoms with Crippen LogP contribution in [-0.4, -0.2) is 51.2 Å². The maximum Gasteiger partial charge on any atom is 0.227 e. The summed E-state index contributed by atoms with van der Waals surface area (Å²) in [4.78, 5) is 29.5. The van der Waals surface area contributed by atoms with E-state index >= 15 is 0 Å². The predicted molar refractivity (Wildman–Crippen MR) is 114 cm³/mol. The molecule has 2 saturated heterocycles. The highest BCUT2D eigenvalue weighted by molar-refractivity contribution is 6.02. The van der Waals surface area contributed by atoms with Crippen molar-refractivity contribution in [3.8, 4) is 0 Å². The third kappa shape index (κ3) is 4.81. The zero-order chi connectivity index (χ0) is 20.1. The van der Waals surface area contributed by atoms with E-state index in [2.05, 4.69) is 22.4 Å². The summed E-state index contributed by atoms with van der Waals surface area (Å²) >= 11 is 0. The van der Waals surface area contributed by atoms with E-state index in [9.17, 15) is 9.59 Å². The summed E-state index contributed by atoms with van der Waals surface area (Å²) < 4.78 is 5.46. The molecule has 2 aliphatic heterocycles. The van der Waals surface area contributed by atoms with Crippen molar-refractivity contribution in [2.75, 3.05) is 49.2 Å². The zero-order valence-corrected chi connectivity index (χ0v) is 17.1. The Morgan fingerprint density at radius 2 is 1.93 bits per heavy atom. The molecule has 2 amide bonds. The summed E-state index contributed by atoms with van der Waals surface area (Å²) in [5.74, 6) is -0.248. The molecule has 0 radical (unpaired) electrons. The van der Waals surface area contributed by atoms with Crippen LogP contribution in [0.15, 0.2) is 35.9 Å². The minimum absolute atomic E-state index is 0.00103. The number of hydrogen-bond acceptors (Lipinski definition) is 4. The van der Waals surface area contributed by atoms with Crippen LogP contribution in [-0.2, 0) is 14.3 Å². The molecule has 4 rings (SSSR count). The van der Waals surface area contributed by atoms with Crippen LogP contribution in [0.2, 0.25) is 0 Å². The van der Waals surface area contributed by atoms with Crippen LogP contribution >= 0.6 is 0 Å². The van der Waals surface area contributed by atoms with Crippen molar-refractivity contribution in [1.82, 2.24) is 5.32 Å². The summed E-state index contributed by atoms with van der Waals surface area (Å²) in [6.45, 7) is 4.15. The maximum absolute atomic E-state index is 12.7. The number of benzene rings is 1. The van der Waals surface area contributed by atoms with Gasteiger partial charge in [0.2, 0.25) is 11.8 Å². The number of para-hydroxylation sites is 2. The fourth-order valence-corrected chi connectivity index (χ4v) is 4.50. The molecular formula is C23H31N3O3. The lowest BCUT2D eigenvalue weighted by molar-refractivity contribution is -0.126. The number of carbonyl (C=O) groups is 2. The van der Waals surface area contributed by atoms with Gasteiger partial charge >= 0.3 is 0 Å². The van der Waals surface area contributed by atoms with Crippen molar-refractivity contribution < 1.29 is 14.3 Å². The molecule has 1 aliphatic carbocycles. The monoisotopic (exact) mass is 397 g/mol. The smallest absolute Gasteiger partial charge is 0.227 e. The first-order chi connectivity index (χ1) is 14.2. The molecule has 2 fully saturated rings. The van der Waals surface area contributed by atoms with Gasteiger partial charge < -0.3 is 19.9 Å². The molecule has 1 aromatic carbocycles. The zero-order valence-electron chi connectivity index (χ0n) is 17.1. The Labute approximate surface area is 172 Å². The number of nitrogens with one attached hydrogen (secondary N) is 1. The van der Waals surface area contributed by atoms with Gasteiger partial charge in [0.25, 0.3) is 0 Å². The third-order valence-corrected chi connectivity index (χ3v) is 6.15. The van der Waals surface area contributed by atoms with Crippen molar-refractivity contribution in [2.24, 2.45) is 5.92 Å². The molecule has 0 spiro atoms. The highest BCUT2D eigenvalue weighted by Crippen LogP contribution is 2.34. The van der Waals surface area contributed by atoms with E-state index in [-0.39, 0.29) is 24.2 Å². The highest BCUT2D eigenvalue weighted by atomic mass is 16.5. The lowest BCUT2D eigenvalue weighted by Gasteiger charge is -2.32.